The number of aryl methyl sites for hydroxylation is 2. The molecule has 4 rings (SSSR count). The number of hydrogen-bond donors (Lipinski definition) is 1. The zero-order valence-electron chi connectivity index (χ0n) is 16.3. The lowest BCUT2D eigenvalue weighted by Crippen LogP contribution is -2.16. The van der Waals surface area contributed by atoms with Crippen LogP contribution in [0.25, 0.3) is 17.1 Å². The molecule has 3 heterocycles. The maximum atomic E-state index is 12.5. The van der Waals surface area contributed by atoms with E-state index in [2.05, 4.69) is 25.7 Å². The number of nitrogens with one attached hydrogen (secondary N) is 1. The first-order chi connectivity index (χ1) is 14.1. The highest BCUT2D eigenvalue weighted by atomic mass is 16.5. The Labute approximate surface area is 166 Å². The van der Waals surface area contributed by atoms with Gasteiger partial charge in [0.15, 0.2) is 11.5 Å². The highest BCUT2D eigenvalue weighted by Gasteiger charge is 2.15. The fraction of sp³-hybridized carbons (Fsp3) is 0.250. The molecule has 148 valence electrons. The van der Waals surface area contributed by atoms with E-state index in [9.17, 15) is 4.79 Å². The molecule has 0 aliphatic carbocycles. The van der Waals surface area contributed by atoms with E-state index in [1.54, 1.807) is 23.8 Å². The second kappa shape index (κ2) is 7.70. The summed E-state index contributed by atoms with van der Waals surface area (Å²) in [5, 5.41) is 15.1. The second-order valence-electron chi connectivity index (χ2n) is 6.56. The molecule has 0 saturated carbocycles. The van der Waals surface area contributed by atoms with Crippen LogP contribution in [0.4, 0.5) is 5.69 Å². The average molecular weight is 392 g/mol. The van der Waals surface area contributed by atoms with Crippen molar-refractivity contribution in [3.8, 4) is 17.2 Å². The third-order valence-electron chi connectivity index (χ3n) is 4.46. The number of amides is 1. The Morgan fingerprint density at radius 2 is 2.10 bits per heavy atom. The number of carbonyl (C=O) groups excluding carboxylic acids is 1. The van der Waals surface area contributed by atoms with Crippen molar-refractivity contribution in [2.75, 3.05) is 12.4 Å². The summed E-state index contributed by atoms with van der Waals surface area (Å²) >= 11 is 0. The Hall–Kier alpha value is -3.75. The van der Waals surface area contributed by atoms with Gasteiger partial charge >= 0.3 is 0 Å². The summed E-state index contributed by atoms with van der Waals surface area (Å²) in [4.78, 5) is 16.9. The first kappa shape index (κ1) is 18.6. The molecule has 1 amide bonds. The molecule has 0 atom stereocenters. The largest absolute Gasteiger partial charge is 0.495 e. The number of aromatic nitrogens is 5. The molecule has 29 heavy (non-hydrogen) atoms. The molecule has 1 N–H and O–H groups in total. The number of nitrogens with zero attached hydrogens (tertiary/aromatic N) is 5. The lowest BCUT2D eigenvalue weighted by Gasteiger charge is -2.10. The Kier molecular flexibility index (Phi) is 4.94. The Morgan fingerprint density at radius 3 is 2.86 bits per heavy atom. The normalized spacial score (nSPS) is 11.0. The zero-order chi connectivity index (χ0) is 20.4. The van der Waals surface area contributed by atoms with Crippen LogP contribution in [0.2, 0.25) is 0 Å². The van der Waals surface area contributed by atoms with E-state index in [0.717, 1.165) is 11.1 Å². The number of benzene rings is 1. The zero-order valence-corrected chi connectivity index (χ0v) is 16.3. The summed E-state index contributed by atoms with van der Waals surface area (Å²) in [5.74, 6) is 1.99. The van der Waals surface area contributed by atoms with E-state index in [4.69, 9.17) is 9.26 Å². The van der Waals surface area contributed by atoms with Crippen molar-refractivity contribution in [1.82, 2.24) is 24.7 Å². The van der Waals surface area contributed by atoms with Crippen LogP contribution in [0.1, 0.15) is 24.1 Å². The minimum absolute atomic E-state index is 0.0676. The number of ether oxygens (including phenoxy) is 1. The van der Waals surface area contributed by atoms with Crippen LogP contribution in [-0.2, 0) is 17.6 Å². The van der Waals surface area contributed by atoms with Gasteiger partial charge in [-0.15, -0.1) is 10.2 Å². The van der Waals surface area contributed by atoms with Crippen molar-refractivity contribution < 1.29 is 14.1 Å². The van der Waals surface area contributed by atoms with Gasteiger partial charge in [0.1, 0.15) is 11.6 Å². The third-order valence-corrected chi connectivity index (χ3v) is 4.46. The molecule has 1 aromatic carbocycles. The first-order valence-electron chi connectivity index (χ1n) is 9.18. The fourth-order valence-corrected chi connectivity index (χ4v) is 2.97. The number of methoxy groups -OCH3 is 1. The van der Waals surface area contributed by atoms with E-state index >= 15 is 0 Å². The maximum absolute atomic E-state index is 12.5. The molecule has 3 aromatic heterocycles. The van der Waals surface area contributed by atoms with E-state index in [1.807, 2.05) is 38.1 Å². The lowest BCUT2D eigenvalue weighted by atomic mass is 10.2. The Balaban J connectivity index is 1.54. The summed E-state index contributed by atoms with van der Waals surface area (Å²) in [6.07, 6.45) is 2.55. The number of hydrogen-bond acceptors (Lipinski definition) is 7. The van der Waals surface area contributed by atoms with Crippen molar-refractivity contribution in [2.24, 2.45) is 0 Å². The van der Waals surface area contributed by atoms with E-state index in [1.165, 1.54) is 0 Å². The molecule has 0 saturated heterocycles. The van der Waals surface area contributed by atoms with Crippen LogP contribution < -0.4 is 10.1 Å². The average Bonchev–Trinajstić information content (AvgIpc) is 3.35. The lowest BCUT2D eigenvalue weighted by molar-refractivity contribution is -0.115. The minimum atomic E-state index is -0.211. The second-order valence-corrected chi connectivity index (χ2v) is 6.56. The fourth-order valence-electron chi connectivity index (χ4n) is 2.97. The SMILES string of the molecule is CCc1noc(-c2ccn3c(CC(=O)Nc4cc(C)ccc4OC)nnc3c2)n1. The summed E-state index contributed by atoms with van der Waals surface area (Å²) in [6.45, 7) is 3.91. The van der Waals surface area contributed by atoms with E-state index < -0.39 is 0 Å². The van der Waals surface area contributed by atoms with Crippen molar-refractivity contribution >= 4 is 17.2 Å². The number of pyridine rings is 1. The monoisotopic (exact) mass is 392 g/mol. The summed E-state index contributed by atoms with van der Waals surface area (Å²) in [5.41, 5.74) is 2.98. The highest BCUT2D eigenvalue weighted by molar-refractivity contribution is 5.93. The number of carbonyl (C=O) groups is 1. The molecule has 0 aliphatic heterocycles. The van der Waals surface area contributed by atoms with Gasteiger partial charge in [-0.3, -0.25) is 9.20 Å². The van der Waals surface area contributed by atoms with Gasteiger partial charge in [-0.05, 0) is 36.8 Å². The first-order valence-corrected chi connectivity index (χ1v) is 9.18. The summed E-state index contributed by atoms with van der Waals surface area (Å²) in [6, 6.07) is 9.23. The number of fused-ring (bicyclic) bond motifs is 1. The predicted octanol–water partition coefficient (Wildman–Crippen LogP) is 2.84. The third kappa shape index (κ3) is 3.79. The minimum Gasteiger partial charge on any atom is -0.495 e. The van der Waals surface area contributed by atoms with Gasteiger partial charge in [0, 0.05) is 18.2 Å². The van der Waals surface area contributed by atoms with Gasteiger partial charge < -0.3 is 14.6 Å². The van der Waals surface area contributed by atoms with Gasteiger partial charge in [0.25, 0.3) is 5.89 Å². The Bertz CT molecular complexity index is 1180. The molecule has 0 spiro atoms. The molecule has 9 heteroatoms. The molecule has 0 bridgehead atoms. The van der Waals surface area contributed by atoms with Gasteiger partial charge in [-0.25, -0.2) is 0 Å². The van der Waals surface area contributed by atoms with Crippen molar-refractivity contribution in [1.29, 1.82) is 0 Å². The molecule has 4 aromatic rings. The topological polar surface area (TPSA) is 107 Å². The van der Waals surface area contributed by atoms with Gasteiger partial charge in [-0.2, -0.15) is 4.98 Å². The van der Waals surface area contributed by atoms with Crippen molar-refractivity contribution in [2.45, 2.75) is 26.7 Å². The number of anilines is 1. The molecule has 0 radical (unpaired) electrons. The molecular weight excluding hydrogens is 372 g/mol. The van der Waals surface area contributed by atoms with Crippen LogP contribution in [0.15, 0.2) is 41.1 Å². The summed E-state index contributed by atoms with van der Waals surface area (Å²) < 4.78 is 12.3. The van der Waals surface area contributed by atoms with E-state index in [-0.39, 0.29) is 12.3 Å². The molecule has 9 nitrogen and oxygen atoms in total. The van der Waals surface area contributed by atoms with Gasteiger partial charge in [0.05, 0.1) is 19.2 Å². The van der Waals surface area contributed by atoms with Crippen LogP contribution in [0.5, 0.6) is 5.75 Å². The summed E-state index contributed by atoms with van der Waals surface area (Å²) in [7, 11) is 1.57. The quantitative estimate of drug-likeness (QED) is 0.537. The van der Waals surface area contributed by atoms with Gasteiger partial charge in [-0.1, -0.05) is 18.1 Å². The van der Waals surface area contributed by atoms with Crippen LogP contribution >= 0.6 is 0 Å². The van der Waals surface area contributed by atoms with Crippen molar-refractivity contribution in [3.63, 3.8) is 0 Å². The highest BCUT2D eigenvalue weighted by Crippen LogP contribution is 2.25. The van der Waals surface area contributed by atoms with Gasteiger partial charge in [0.2, 0.25) is 5.91 Å². The molecule has 0 fully saturated rings. The van der Waals surface area contributed by atoms with E-state index in [0.29, 0.717) is 41.0 Å². The smallest absolute Gasteiger partial charge is 0.258 e. The molecule has 0 aliphatic rings. The predicted molar refractivity (Wildman–Crippen MR) is 106 cm³/mol. The van der Waals surface area contributed by atoms with Crippen LogP contribution in [-0.4, -0.2) is 37.8 Å². The van der Waals surface area contributed by atoms with Crippen LogP contribution in [0, 0.1) is 6.92 Å². The van der Waals surface area contributed by atoms with Crippen molar-refractivity contribution in [3.05, 3.63) is 53.7 Å². The molecular formula is C20H20N6O3. The maximum Gasteiger partial charge on any atom is 0.258 e. The Morgan fingerprint density at radius 1 is 1.24 bits per heavy atom. The molecule has 0 unspecified atom stereocenters. The number of rotatable bonds is 6. The standard InChI is InChI=1S/C20H20N6O3/c1-4-16-22-20(29-25-16)13-7-8-26-17(10-13)23-24-18(26)11-19(27)21-14-9-12(2)5-6-15(14)28-3/h5-10H,4,11H2,1-3H3,(H,21,27). The van der Waals surface area contributed by atoms with Crippen LogP contribution in [0.3, 0.4) is 0 Å².